The van der Waals surface area contributed by atoms with Gasteiger partial charge in [-0.25, -0.2) is 4.79 Å². The van der Waals surface area contributed by atoms with Gasteiger partial charge >= 0.3 is 5.97 Å². The fourth-order valence-corrected chi connectivity index (χ4v) is 1.78. The third kappa shape index (κ3) is 1.47. The highest BCUT2D eigenvalue weighted by Gasteiger charge is 2.16. The van der Waals surface area contributed by atoms with Gasteiger partial charge < -0.3 is 10.2 Å². The maximum absolute atomic E-state index is 10.8. The lowest BCUT2D eigenvalue weighted by atomic mass is 10.1. The van der Waals surface area contributed by atoms with Gasteiger partial charge in [-0.2, -0.15) is 0 Å². The van der Waals surface area contributed by atoms with Gasteiger partial charge in [0.1, 0.15) is 11.3 Å². The number of halogens is 1. The Morgan fingerprint density at radius 1 is 1.44 bits per heavy atom. The molecule has 2 rings (SSSR count). The van der Waals surface area contributed by atoms with Crippen molar-refractivity contribution < 1.29 is 15.0 Å². The van der Waals surface area contributed by atoms with E-state index in [-0.39, 0.29) is 11.3 Å². The first kappa shape index (κ1) is 10.7. The Bertz CT molecular complexity index is 595. The molecule has 0 saturated heterocycles. The number of benzene rings is 1. The number of rotatable bonds is 1. The van der Waals surface area contributed by atoms with Crippen molar-refractivity contribution in [3.63, 3.8) is 0 Å². The number of aromatic carboxylic acids is 1. The van der Waals surface area contributed by atoms with Crippen molar-refractivity contribution in [1.29, 1.82) is 0 Å². The molecule has 0 aliphatic heterocycles. The lowest BCUT2D eigenvalue weighted by Crippen LogP contribution is -1.99. The van der Waals surface area contributed by atoms with Crippen LogP contribution in [0.5, 0.6) is 5.75 Å². The number of carboxylic acid groups (broad SMARTS) is 1. The number of pyridine rings is 1. The normalized spacial score (nSPS) is 10.6. The van der Waals surface area contributed by atoms with Crippen molar-refractivity contribution in [3.05, 3.63) is 34.5 Å². The van der Waals surface area contributed by atoms with E-state index in [1.165, 1.54) is 0 Å². The lowest BCUT2D eigenvalue weighted by molar-refractivity contribution is 0.0693. The van der Waals surface area contributed by atoms with Crippen LogP contribution in [-0.4, -0.2) is 21.2 Å². The summed E-state index contributed by atoms with van der Waals surface area (Å²) in [5.74, 6) is -1.51. The quantitative estimate of drug-likeness (QED) is 0.800. The monoisotopic (exact) mass is 237 g/mol. The summed E-state index contributed by atoms with van der Waals surface area (Å²) < 4.78 is 0. The predicted octanol–water partition coefficient (Wildman–Crippen LogP) is 2.60. The number of hydrogen-bond acceptors (Lipinski definition) is 3. The average Bonchev–Trinajstić information content (AvgIpc) is 2.23. The van der Waals surface area contributed by atoms with Gasteiger partial charge in [0.05, 0.1) is 10.5 Å². The maximum atomic E-state index is 10.8. The average molecular weight is 238 g/mol. The van der Waals surface area contributed by atoms with Crippen molar-refractivity contribution in [1.82, 2.24) is 4.98 Å². The Labute approximate surface area is 96.1 Å². The van der Waals surface area contributed by atoms with Gasteiger partial charge in [0.15, 0.2) is 0 Å². The smallest absolute Gasteiger partial charge is 0.341 e. The Balaban J connectivity index is 2.94. The highest BCUT2D eigenvalue weighted by molar-refractivity contribution is 6.35. The Morgan fingerprint density at radius 2 is 2.12 bits per heavy atom. The van der Waals surface area contributed by atoms with Gasteiger partial charge in [-0.05, 0) is 18.6 Å². The molecule has 0 aliphatic carbocycles. The summed E-state index contributed by atoms with van der Waals surface area (Å²) in [5.41, 5.74) is 0.912. The molecular formula is C11H8ClNO3. The number of carbonyl (C=O) groups is 1. The number of hydrogen-bond donors (Lipinski definition) is 2. The second kappa shape index (κ2) is 3.64. The van der Waals surface area contributed by atoms with E-state index in [0.29, 0.717) is 15.9 Å². The van der Waals surface area contributed by atoms with Gasteiger partial charge in [-0.3, -0.25) is 4.98 Å². The Morgan fingerprint density at radius 3 is 2.75 bits per heavy atom. The zero-order chi connectivity index (χ0) is 11.9. The number of nitrogens with zero attached hydrogens (tertiary/aromatic N) is 1. The first-order valence-electron chi connectivity index (χ1n) is 4.52. The van der Waals surface area contributed by atoms with E-state index in [2.05, 4.69) is 4.98 Å². The first-order chi connectivity index (χ1) is 7.52. The number of aryl methyl sites for hydroxylation is 1. The SMILES string of the molecule is Cc1ccc(Cl)c2ncc(C(=O)O)c(O)c12. The molecule has 82 valence electrons. The minimum Gasteiger partial charge on any atom is -0.506 e. The summed E-state index contributed by atoms with van der Waals surface area (Å²) >= 11 is 5.91. The molecule has 5 heteroatoms. The van der Waals surface area contributed by atoms with Crippen molar-refractivity contribution in [2.75, 3.05) is 0 Å². The summed E-state index contributed by atoms with van der Waals surface area (Å²) in [4.78, 5) is 14.8. The molecule has 1 aromatic heterocycles. The first-order valence-corrected chi connectivity index (χ1v) is 4.90. The third-order valence-corrected chi connectivity index (χ3v) is 2.69. The molecule has 0 fully saturated rings. The summed E-state index contributed by atoms with van der Waals surface area (Å²) in [6.45, 7) is 1.76. The molecule has 1 heterocycles. The predicted molar refractivity (Wildman–Crippen MR) is 60.1 cm³/mol. The van der Waals surface area contributed by atoms with Crippen molar-refractivity contribution in [2.24, 2.45) is 0 Å². The largest absolute Gasteiger partial charge is 0.506 e. The summed E-state index contributed by atoms with van der Waals surface area (Å²) in [5, 5.41) is 19.5. The molecule has 0 aliphatic rings. The topological polar surface area (TPSA) is 70.4 Å². The molecule has 0 amide bonds. The third-order valence-electron chi connectivity index (χ3n) is 2.38. The van der Waals surface area contributed by atoms with E-state index in [1.807, 2.05) is 0 Å². The Kier molecular flexibility index (Phi) is 2.44. The molecule has 0 atom stereocenters. The van der Waals surface area contributed by atoms with Crippen LogP contribution in [0.15, 0.2) is 18.3 Å². The molecule has 2 N–H and O–H groups in total. The van der Waals surface area contributed by atoms with Gasteiger partial charge in [0.25, 0.3) is 0 Å². The van der Waals surface area contributed by atoms with E-state index < -0.39 is 5.97 Å². The maximum Gasteiger partial charge on any atom is 0.341 e. The van der Waals surface area contributed by atoms with E-state index in [9.17, 15) is 9.90 Å². The van der Waals surface area contributed by atoms with Crippen LogP contribution >= 0.6 is 11.6 Å². The van der Waals surface area contributed by atoms with E-state index in [4.69, 9.17) is 16.7 Å². The summed E-state index contributed by atoms with van der Waals surface area (Å²) in [6, 6.07) is 3.36. The number of carboxylic acids is 1. The van der Waals surface area contributed by atoms with Gasteiger partial charge in [0, 0.05) is 11.6 Å². The van der Waals surface area contributed by atoms with E-state index in [1.54, 1.807) is 19.1 Å². The zero-order valence-corrected chi connectivity index (χ0v) is 9.12. The van der Waals surface area contributed by atoms with Crippen molar-refractivity contribution >= 4 is 28.5 Å². The molecule has 0 unspecified atom stereocenters. The summed E-state index contributed by atoms with van der Waals surface area (Å²) in [6.07, 6.45) is 1.10. The highest BCUT2D eigenvalue weighted by Crippen LogP contribution is 2.33. The molecule has 0 bridgehead atoms. The van der Waals surface area contributed by atoms with Gasteiger partial charge in [0.2, 0.25) is 0 Å². The number of aromatic nitrogens is 1. The fraction of sp³-hybridized carbons (Fsp3) is 0.0909. The standard InChI is InChI=1S/C11H8ClNO3/c1-5-2-3-7(12)9-8(5)10(14)6(4-13-9)11(15)16/h2-4H,1H3,(H,13,14)(H,15,16). The van der Waals surface area contributed by atoms with Crippen LogP contribution in [0.25, 0.3) is 10.9 Å². The fourth-order valence-electron chi connectivity index (χ4n) is 1.57. The molecule has 1 aromatic carbocycles. The second-order valence-corrected chi connectivity index (χ2v) is 3.82. The molecule has 0 saturated carbocycles. The van der Waals surface area contributed by atoms with Crippen LogP contribution < -0.4 is 0 Å². The van der Waals surface area contributed by atoms with Crippen LogP contribution in [0, 0.1) is 6.92 Å². The minimum absolute atomic E-state index is 0.224. The molecule has 16 heavy (non-hydrogen) atoms. The van der Waals surface area contributed by atoms with Crippen LogP contribution in [0.3, 0.4) is 0 Å². The van der Waals surface area contributed by atoms with Crippen molar-refractivity contribution in [3.8, 4) is 5.75 Å². The molecule has 4 nitrogen and oxygen atoms in total. The number of fused-ring (bicyclic) bond motifs is 1. The number of aromatic hydroxyl groups is 1. The Hall–Kier alpha value is -1.81. The highest BCUT2D eigenvalue weighted by atomic mass is 35.5. The van der Waals surface area contributed by atoms with Crippen LogP contribution in [-0.2, 0) is 0 Å². The zero-order valence-electron chi connectivity index (χ0n) is 8.36. The van der Waals surface area contributed by atoms with E-state index >= 15 is 0 Å². The van der Waals surface area contributed by atoms with Crippen LogP contribution in [0.1, 0.15) is 15.9 Å². The minimum atomic E-state index is -1.22. The molecule has 0 spiro atoms. The van der Waals surface area contributed by atoms with Gasteiger partial charge in [-0.15, -0.1) is 0 Å². The molecular weight excluding hydrogens is 230 g/mol. The van der Waals surface area contributed by atoms with Crippen molar-refractivity contribution in [2.45, 2.75) is 6.92 Å². The summed E-state index contributed by atoms with van der Waals surface area (Å²) in [7, 11) is 0. The van der Waals surface area contributed by atoms with E-state index in [0.717, 1.165) is 11.8 Å². The van der Waals surface area contributed by atoms with Crippen LogP contribution in [0.2, 0.25) is 5.02 Å². The van der Waals surface area contributed by atoms with Gasteiger partial charge in [-0.1, -0.05) is 17.7 Å². The molecule has 2 aromatic rings. The lowest BCUT2D eigenvalue weighted by Gasteiger charge is -2.07. The van der Waals surface area contributed by atoms with Crippen LogP contribution in [0.4, 0.5) is 0 Å². The second-order valence-electron chi connectivity index (χ2n) is 3.41. The molecule has 0 radical (unpaired) electrons.